The minimum Gasteiger partial charge on any atom is -0.269 e. The quantitative estimate of drug-likeness (QED) is 0.804. The zero-order valence-corrected chi connectivity index (χ0v) is 12.1. The van der Waals surface area contributed by atoms with E-state index in [1.807, 2.05) is 44.2 Å². The van der Waals surface area contributed by atoms with Crippen LogP contribution in [0.25, 0.3) is 0 Å². The highest BCUT2D eigenvalue weighted by Gasteiger charge is 2.41. The van der Waals surface area contributed by atoms with Crippen LogP contribution >= 0.6 is 0 Å². The maximum Gasteiger partial charge on any atom is 0.262 e. The molecule has 1 aliphatic heterocycles. The van der Waals surface area contributed by atoms with Crippen molar-refractivity contribution in [2.75, 3.05) is 0 Å². The Morgan fingerprint density at radius 1 is 0.762 bits per heavy atom. The van der Waals surface area contributed by atoms with Crippen molar-refractivity contribution in [3.63, 3.8) is 0 Å². The molecule has 3 heteroatoms. The van der Waals surface area contributed by atoms with Crippen LogP contribution in [-0.4, -0.2) is 16.7 Å². The van der Waals surface area contributed by atoms with Crippen molar-refractivity contribution in [1.82, 2.24) is 4.90 Å². The van der Waals surface area contributed by atoms with Gasteiger partial charge >= 0.3 is 0 Å². The molecule has 21 heavy (non-hydrogen) atoms. The van der Waals surface area contributed by atoms with Gasteiger partial charge in [-0.25, -0.2) is 0 Å². The van der Waals surface area contributed by atoms with E-state index in [9.17, 15) is 9.59 Å². The first-order chi connectivity index (χ1) is 10.1. The fourth-order valence-electron chi connectivity index (χ4n) is 2.94. The van der Waals surface area contributed by atoms with Crippen molar-refractivity contribution in [3.05, 3.63) is 71.3 Å². The molecular formula is C18H17NO2. The first kappa shape index (κ1) is 13.6. The second kappa shape index (κ2) is 5.17. The first-order valence-electron chi connectivity index (χ1n) is 7.13. The summed E-state index contributed by atoms with van der Waals surface area (Å²) >= 11 is 0. The summed E-state index contributed by atoms with van der Waals surface area (Å²) in [4.78, 5) is 26.7. The number of carbonyl (C=O) groups excluding carboxylic acids is 2. The summed E-state index contributed by atoms with van der Waals surface area (Å²) < 4.78 is 0. The molecule has 0 spiro atoms. The van der Waals surface area contributed by atoms with Crippen molar-refractivity contribution in [3.8, 4) is 0 Å². The number of imide groups is 1. The minimum atomic E-state index is -0.237. The Labute approximate surface area is 124 Å². The van der Waals surface area contributed by atoms with Crippen molar-refractivity contribution in [2.45, 2.75) is 19.9 Å². The highest BCUT2D eigenvalue weighted by atomic mass is 16.2. The average molecular weight is 279 g/mol. The summed E-state index contributed by atoms with van der Waals surface area (Å²) in [5.41, 5.74) is 2.00. The standard InChI is InChI=1S/C18H17NO2/c1-12(2)16(13-8-4-3-5-9-13)19-17(20)14-10-6-7-11-15(14)18(19)21/h3-12,16H,1-2H3/t16-/m0/s1. The summed E-state index contributed by atoms with van der Waals surface area (Å²) in [6.45, 7) is 4.06. The monoisotopic (exact) mass is 279 g/mol. The van der Waals surface area contributed by atoms with E-state index < -0.39 is 0 Å². The van der Waals surface area contributed by atoms with Crippen LogP contribution in [0.2, 0.25) is 0 Å². The van der Waals surface area contributed by atoms with Crippen molar-refractivity contribution >= 4 is 11.8 Å². The molecule has 2 amide bonds. The smallest absolute Gasteiger partial charge is 0.262 e. The molecule has 3 nitrogen and oxygen atoms in total. The van der Waals surface area contributed by atoms with Gasteiger partial charge in [0.05, 0.1) is 17.2 Å². The Morgan fingerprint density at radius 2 is 1.24 bits per heavy atom. The lowest BCUT2D eigenvalue weighted by Gasteiger charge is -2.29. The van der Waals surface area contributed by atoms with E-state index in [4.69, 9.17) is 0 Å². The first-order valence-corrected chi connectivity index (χ1v) is 7.13. The molecule has 0 unspecified atom stereocenters. The summed E-state index contributed by atoms with van der Waals surface area (Å²) in [6, 6.07) is 16.5. The second-order valence-corrected chi connectivity index (χ2v) is 5.63. The maximum atomic E-state index is 12.6. The summed E-state index contributed by atoms with van der Waals surface area (Å²) in [5.74, 6) is -0.245. The van der Waals surface area contributed by atoms with E-state index in [-0.39, 0.29) is 23.8 Å². The van der Waals surface area contributed by atoms with Gasteiger partial charge in [0.1, 0.15) is 0 Å². The molecule has 0 saturated heterocycles. The molecule has 0 aromatic heterocycles. The van der Waals surface area contributed by atoms with Crippen molar-refractivity contribution < 1.29 is 9.59 Å². The molecule has 106 valence electrons. The van der Waals surface area contributed by atoms with Crippen LogP contribution < -0.4 is 0 Å². The molecule has 2 aromatic carbocycles. The molecular weight excluding hydrogens is 262 g/mol. The van der Waals surface area contributed by atoms with Crippen LogP contribution in [0.3, 0.4) is 0 Å². The van der Waals surface area contributed by atoms with Gasteiger partial charge in [-0.05, 0) is 23.6 Å². The van der Waals surface area contributed by atoms with Crippen LogP contribution in [0.5, 0.6) is 0 Å². The molecule has 0 aliphatic carbocycles. The van der Waals surface area contributed by atoms with E-state index in [0.717, 1.165) is 5.56 Å². The molecule has 3 rings (SSSR count). The van der Waals surface area contributed by atoms with Gasteiger partial charge in [-0.15, -0.1) is 0 Å². The van der Waals surface area contributed by atoms with Gasteiger partial charge in [0, 0.05) is 0 Å². The van der Waals surface area contributed by atoms with E-state index in [1.54, 1.807) is 24.3 Å². The molecule has 0 radical (unpaired) electrons. The van der Waals surface area contributed by atoms with Crippen molar-refractivity contribution in [2.24, 2.45) is 5.92 Å². The third-order valence-electron chi connectivity index (χ3n) is 3.88. The lowest BCUT2D eigenvalue weighted by atomic mass is 9.94. The van der Waals surface area contributed by atoms with Gasteiger partial charge < -0.3 is 0 Å². The number of benzene rings is 2. The summed E-state index contributed by atoms with van der Waals surface area (Å²) in [6.07, 6.45) is 0. The van der Waals surface area contributed by atoms with Gasteiger partial charge in [-0.2, -0.15) is 0 Å². The van der Waals surface area contributed by atoms with Gasteiger partial charge in [-0.3, -0.25) is 14.5 Å². The molecule has 1 atom stereocenters. The van der Waals surface area contributed by atoms with E-state index >= 15 is 0 Å². The highest BCUT2D eigenvalue weighted by molar-refractivity contribution is 6.21. The number of hydrogen-bond acceptors (Lipinski definition) is 2. The number of nitrogens with zero attached hydrogens (tertiary/aromatic N) is 1. The Kier molecular flexibility index (Phi) is 3.34. The van der Waals surface area contributed by atoms with E-state index in [2.05, 4.69) is 0 Å². The van der Waals surface area contributed by atoms with Crippen LogP contribution in [-0.2, 0) is 0 Å². The Morgan fingerprint density at radius 3 is 1.71 bits per heavy atom. The molecule has 0 saturated carbocycles. The lowest BCUT2D eigenvalue weighted by molar-refractivity contribution is 0.0538. The zero-order chi connectivity index (χ0) is 15.0. The predicted molar refractivity (Wildman–Crippen MR) is 81.0 cm³/mol. The summed E-state index contributed by atoms with van der Waals surface area (Å²) in [7, 11) is 0. The molecule has 1 aliphatic rings. The van der Waals surface area contributed by atoms with E-state index in [0.29, 0.717) is 11.1 Å². The number of carbonyl (C=O) groups is 2. The molecule has 2 aromatic rings. The fraction of sp³-hybridized carbons (Fsp3) is 0.222. The van der Waals surface area contributed by atoms with Gasteiger partial charge in [0.25, 0.3) is 11.8 Å². The highest BCUT2D eigenvalue weighted by Crippen LogP contribution is 2.35. The fourth-order valence-corrected chi connectivity index (χ4v) is 2.94. The number of hydrogen-bond donors (Lipinski definition) is 0. The number of fused-ring (bicyclic) bond motifs is 1. The second-order valence-electron chi connectivity index (χ2n) is 5.63. The minimum absolute atomic E-state index is 0.148. The number of amides is 2. The average Bonchev–Trinajstić information content (AvgIpc) is 2.74. The molecule has 1 heterocycles. The van der Waals surface area contributed by atoms with Gasteiger partial charge in [-0.1, -0.05) is 56.3 Å². The molecule has 0 fully saturated rings. The van der Waals surface area contributed by atoms with Crippen molar-refractivity contribution in [1.29, 1.82) is 0 Å². The largest absolute Gasteiger partial charge is 0.269 e. The van der Waals surface area contributed by atoms with Crippen LogP contribution in [0.1, 0.15) is 46.2 Å². The Hall–Kier alpha value is -2.42. The normalized spacial score (nSPS) is 15.5. The Bertz CT molecular complexity index is 656. The topological polar surface area (TPSA) is 37.4 Å². The third kappa shape index (κ3) is 2.15. The van der Waals surface area contributed by atoms with Crippen LogP contribution in [0.4, 0.5) is 0 Å². The zero-order valence-electron chi connectivity index (χ0n) is 12.1. The lowest BCUT2D eigenvalue weighted by Crippen LogP contribution is -2.36. The SMILES string of the molecule is CC(C)[C@@H](c1ccccc1)N1C(=O)c2ccccc2C1=O. The van der Waals surface area contributed by atoms with Crippen LogP contribution in [0, 0.1) is 5.92 Å². The van der Waals surface area contributed by atoms with E-state index in [1.165, 1.54) is 4.90 Å². The third-order valence-corrected chi connectivity index (χ3v) is 3.88. The molecule has 0 N–H and O–H groups in total. The summed E-state index contributed by atoms with van der Waals surface area (Å²) in [5, 5.41) is 0. The molecule has 0 bridgehead atoms. The maximum absolute atomic E-state index is 12.6. The Balaban J connectivity index is 2.07. The predicted octanol–water partition coefficient (Wildman–Crippen LogP) is 3.68. The van der Waals surface area contributed by atoms with Gasteiger partial charge in [0.15, 0.2) is 0 Å². The van der Waals surface area contributed by atoms with Gasteiger partial charge in [0.2, 0.25) is 0 Å². The van der Waals surface area contributed by atoms with Crippen LogP contribution in [0.15, 0.2) is 54.6 Å². The number of rotatable bonds is 3.